The molecule has 0 aromatic heterocycles. The molecule has 5 rings (SSSR count). The minimum atomic E-state index is -0.557. The molecule has 2 N–H and O–H groups in total. The third-order valence-corrected chi connectivity index (χ3v) is 6.41. The third-order valence-electron chi connectivity index (χ3n) is 6.41. The summed E-state index contributed by atoms with van der Waals surface area (Å²) in [5, 5.41) is 13.4. The Morgan fingerprint density at radius 1 is 1.03 bits per heavy atom. The van der Waals surface area contributed by atoms with Crippen LogP contribution in [0.1, 0.15) is 35.6 Å². The van der Waals surface area contributed by atoms with Gasteiger partial charge in [0.05, 0.1) is 32.8 Å². The predicted octanol–water partition coefficient (Wildman–Crippen LogP) is 2.25. The van der Waals surface area contributed by atoms with Gasteiger partial charge in [-0.25, -0.2) is 0 Å². The van der Waals surface area contributed by atoms with Gasteiger partial charge in [-0.05, 0) is 41.0 Å². The Morgan fingerprint density at radius 3 is 2.25 bits per heavy atom. The Morgan fingerprint density at radius 2 is 1.66 bits per heavy atom. The van der Waals surface area contributed by atoms with Gasteiger partial charge in [0.25, 0.3) is 0 Å². The van der Waals surface area contributed by atoms with Crippen molar-refractivity contribution in [1.29, 1.82) is 0 Å². The number of carbonyl (C=O) groups is 2. The molecular weight excluding hydrogens is 418 g/mol. The Labute approximate surface area is 184 Å². The Hall–Kier alpha value is -3.62. The Balaban J connectivity index is 1.75. The standard InChI is InChI=1S/C23H23NO8/c1-10(25)24-21-13-7-16-15(31-9-32-16)6-12(13)19(20-14(21)8-30-23(20)27)11-4-17(28-2)22(26)18(5-11)29-3/h4-7,14,19-21,26H,8-9H2,1-3H3,(H,24,25). The number of phenols is 1. The normalized spacial score (nSPS) is 24.9. The van der Waals surface area contributed by atoms with Crippen LogP contribution in [0.4, 0.5) is 0 Å². The number of fused-ring (bicyclic) bond motifs is 3. The van der Waals surface area contributed by atoms with E-state index in [1.54, 1.807) is 12.1 Å². The fourth-order valence-corrected chi connectivity index (χ4v) is 5.06. The maximum atomic E-state index is 12.9. The van der Waals surface area contributed by atoms with Crippen LogP contribution in [-0.2, 0) is 14.3 Å². The number of cyclic esters (lactones) is 1. The van der Waals surface area contributed by atoms with Crippen molar-refractivity contribution in [2.75, 3.05) is 27.6 Å². The largest absolute Gasteiger partial charge is 0.502 e. The zero-order valence-electron chi connectivity index (χ0n) is 17.8. The van der Waals surface area contributed by atoms with E-state index in [0.29, 0.717) is 17.1 Å². The maximum Gasteiger partial charge on any atom is 0.310 e. The van der Waals surface area contributed by atoms with Gasteiger partial charge in [-0.1, -0.05) is 0 Å². The number of benzene rings is 2. The average molecular weight is 441 g/mol. The number of phenolic OH excluding ortho intramolecular Hbond substituents is 1. The molecule has 1 fully saturated rings. The van der Waals surface area contributed by atoms with Gasteiger partial charge in [-0.2, -0.15) is 0 Å². The van der Waals surface area contributed by atoms with Crippen molar-refractivity contribution in [3.63, 3.8) is 0 Å². The Kier molecular flexibility index (Phi) is 4.76. The number of carbonyl (C=O) groups excluding carboxylic acids is 2. The van der Waals surface area contributed by atoms with E-state index in [0.717, 1.165) is 11.1 Å². The second-order valence-corrected chi connectivity index (χ2v) is 8.08. The minimum Gasteiger partial charge on any atom is -0.502 e. The monoisotopic (exact) mass is 441 g/mol. The molecule has 1 saturated heterocycles. The fourth-order valence-electron chi connectivity index (χ4n) is 5.06. The van der Waals surface area contributed by atoms with E-state index in [4.69, 9.17) is 23.7 Å². The van der Waals surface area contributed by atoms with Crippen molar-refractivity contribution in [2.24, 2.45) is 11.8 Å². The first-order valence-corrected chi connectivity index (χ1v) is 10.2. The molecule has 0 bridgehead atoms. The smallest absolute Gasteiger partial charge is 0.310 e. The van der Waals surface area contributed by atoms with Gasteiger partial charge in [-0.15, -0.1) is 0 Å². The molecule has 3 aliphatic rings. The molecule has 2 heterocycles. The van der Waals surface area contributed by atoms with Crippen molar-refractivity contribution in [1.82, 2.24) is 5.32 Å². The highest BCUT2D eigenvalue weighted by atomic mass is 16.7. The molecule has 32 heavy (non-hydrogen) atoms. The van der Waals surface area contributed by atoms with Gasteiger partial charge < -0.3 is 34.1 Å². The molecule has 4 atom stereocenters. The molecule has 1 aliphatic carbocycles. The Bertz CT molecular complexity index is 1090. The number of hydrogen-bond acceptors (Lipinski definition) is 8. The third kappa shape index (κ3) is 2.99. The van der Waals surface area contributed by atoms with E-state index < -0.39 is 17.9 Å². The topological polar surface area (TPSA) is 113 Å². The van der Waals surface area contributed by atoms with Gasteiger partial charge >= 0.3 is 5.97 Å². The molecule has 168 valence electrons. The highest BCUT2D eigenvalue weighted by molar-refractivity contribution is 5.80. The second kappa shape index (κ2) is 7.51. The van der Waals surface area contributed by atoms with Crippen LogP contribution in [0.2, 0.25) is 0 Å². The van der Waals surface area contributed by atoms with Crippen LogP contribution in [0.15, 0.2) is 24.3 Å². The number of aromatic hydroxyl groups is 1. The molecule has 0 spiro atoms. The first-order chi connectivity index (χ1) is 15.4. The first-order valence-electron chi connectivity index (χ1n) is 10.2. The molecule has 4 unspecified atom stereocenters. The summed E-state index contributed by atoms with van der Waals surface area (Å²) in [5.74, 6) is -0.334. The predicted molar refractivity (Wildman–Crippen MR) is 110 cm³/mol. The zero-order valence-corrected chi connectivity index (χ0v) is 17.8. The lowest BCUT2D eigenvalue weighted by atomic mass is 9.65. The van der Waals surface area contributed by atoms with Crippen LogP contribution in [0.3, 0.4) is 0 Å². The van der Waals surface area contributed by atoms with E-state index in [2.05, 4.69) is 5.32 Å². The van der Waals surface area contributed by atoms with Gasteiger partial charge in [0.1, 0.15) is 0 Å². The number of esters is 1. The molecule has 2 aliphatic heterocycles. The van der Waals surface area contributed by atoms with Crippen LogP contribution in [0, 0.1) is 11.8 Å². The molecule has 2 aromatic rings. The van der Waals surface area contributed by atoms with Crippen molar-refractivity contribution >= 4 is 11.9 Å². The summed E-state index contributed by atoms with van der Waals surface area (Å²) in [5.41, 5.74) is 2.36. The van der Waals surface area contributed by atoms with E-state index in [1.807, 2.05) is 12.1 Å². The van der Waals surface area contributed by atoms with E-state index in [9.17, 15) is 14.7 Å². The van der Waals surface area contributed by atoms with E-state index in [1.165, 1.54) is 21.1 Å². The highest BCUT2D eigenvalue weighted by Gasteiger charge is 2.53. The lowest BCUT2D eigenvalue weighted by molar-refractivity contribution is -0.141. The van der Waals surface area contributed by atoms with Crippen LogP contribution in [0.25, 0.3) is 0 Å². The van der Waals surface area contributed by atoms with Gasteiger partial charge in [-0.3, -0.25) is 9.59 Å². The average Bonchev–Trinajstić information content (AvgIpc) is 3.39. The molecule has 0 radical (unpaired) electrons. The SMILES string of the molecule is COc1cc(C2c3cc4c(cc3C(NC(C)=O)C3COC(=O)C23)OCO4)cc(OC)c1O. The maximum absolute atomic E-state index is 12.9. The summed E-state index contributed by atoms with van der Waals surface area (Å²) in [6.07, 6.45) is 0. The summed E-state index contributed by atoms with van der Waals surface area (Å²) < 4.78 is 27.3. The lowest BCUT2D eigenvalue weighted by Gasteiger charge is -2.39. The summed E-state index contributed by atoms with van der Waals surface area (Å²) >= 11 is 0. The molecule has 0 saturated carbocycles. The van der Waals surface area contributed by atoms with Crippen molar-refractivity contribution in [3.8, 4) is 28.7 Å². The van der Waals surface area contributed by atoms with Crippen molar-refractivity contribution < 1.29 is 38.4 Å². The number of rotatable bonds is 4. The number of amides is 1. The lowest BCUT2D eigenvalue weighted by Crippen LogP contribution is -2.42. The molecular formula is C23H23NO8. The van der Waals surface area contributed by atoms with E-state index in [-0.39, 0.29) is 48.4 Å². The van der Waals surface area contributed by atoms with Crippen molar-refractivity contribution in [3.05, 3.63) is 41.0 Å². The first kappa shape index (κ1) is 20.3. The highest BCUT2D eigenvalue weighted by Crippen LogP contribution is 2.55. The van der Waals surface area contributed by atoms with Crippen LogP contribution >= 0.6 is 0 Å². The fraction of sp³-hybridized carbons (Fsp3) is 0.391. The van der Waals surface area contributed by atoms with Gasteiger partial charge in [0.15, 0.2) is 23.0 Å². The summed E-state index contributed by atoms with van der Waals surface area (Å²) in [6.45, 7) is 1.73. The zero-order chi connectivity index (χ0) is 22.6. The number of methoxy groups -OCH3 is 2. The van der Waals surface area contributed by atoms with Crippen LogP contribution < -0.4 is 24.3 Å². The summed E-state index contributed by atoms with van der Waals surface area (Å²) in [6, 6.07) is 6.67. The number of hydrogen-bond donors (Lipinski definition) is 2. The molecule has 1 amide bonds. The molecule has 9 nitrogen and oxygen atoms in total. The molecule has 2 aromatic carbocycles. The van der Waals surface area contributed by atoms with E-state index >= 15 is 0 Å². The summed E-state index contributed by atoms with van der Waals surface area (Å²) in [4.78, 5) is 25.0. The molecule has 9 heteroatoms. The van der Waals surface area contributed by atoms with Crippen LogP contribution in [-0.4, -0.2) is 44.6 Å². The minimum absolute atomic E-state index is 0.101. The number of nitrogens with one attached hydrogen (secondary N) is 1. The van der Waals surface area contributed by atoms with Crippen LogP contribution in [0.5, 0.6) is 28.7 Å². The number of ether oxygens (including phenoxy) is 5. The van der Waals surface area contributed by atoms with Gasteiger partial charge in [0.2, 0.25) is 18.4 Å². The summed E-state index contributed by atoms with van der Waals surface area (Å²) in [7, 11) is 2.90. The van der Waals surface area contributed by atoms with Gasteiger partial charge in [0, 0.05) is 18.8 Å². The second-order valence-electron chi connectivity index (χ2n) is 8.08. The quantitative estimate of drug-likeness (QED) is 0.695. The van der Waals surface area contributed by atoms with Crippen molar-refractivity contribution in [2.45, 2.75) is 18.9 Å².